The molecule has 0 saturated heterocycles. The Kier molecular flexibility index (Phi) is 13.5. The lowest BCUT2D eigenvalue weighted by molar-refractivity contribution is -0.140. The number of rotatable bonds is 18. The van der Waals surface area contributed by atoms with Gasteiger partial charge in [-0.1, -0.05) is 49.4 Å². The van der Waals surface area contributed by atoms with Crippen LogP contribution in [0.15, 0.2) is 102 Å². The lowest BCUT2D eigenvalue weighted by atomic mass is 10.0. The van der Waals surface area contributed by atoms with Gasteiger partial charge in [-0.05, 0) is 73.0 Å². The highest BCUT2D eigenvalue weighted by Gasteiger charge is 2.35. The highest BCUT2D eigenvalue weighted by atomic mass is 32.2. The van der Waals surface area contributed by atoms with Crippen molar-refractivity contribution in [2.75, 3.05) is 45.3 Å². The number of hydrogen-bond donors (Lipinski definition) is 1. The van der Waals surface area contributed by atoms with Gasteiger partial charge in [-0.25, -0.2) is 8.42 Å². The first kappa shape index (κ1) is 37.6. The fourth-order valence-corrected chi connectivity index (χ4v) is 6.83. The van der Waals surface area contributed by atoms with Crippen LogP contribution in [0.1, 0.15) is 31.4 Å². The number of carbonyl (C=O) groups excluding carboxylic acids is 2. The first-order chi connectivity index (χ1) is 24.1. The molecule has 0 bridgehead atoms. The number of carbonyl (C=O) groups is 2. The van der Waals surface area contributed by atoms with Gasteiger partial charge in [-0.2, -0.15) is 0 Å². The molecule has 50 heavy (non-hydrogen) atoms. The normalized spacial score (nSPS) is 11.6. The molecule has 11 nitrogen and oxygen atoms in total. The summed E-state index contributed by atoms with van der Waals surface area (Å²) in [6.07, 6.45) is 0.903. The van der Waals surface area contributed by atoms with Gasteiger partial charge < -0.3 is 29.2 Å². The average molecular weight is 704 g/mol. The molecule has 1 atom stereocenters. The Hall–Kier alpha value is -5.23. The van der Waals surface area contributed by atoms with Gasteiger partial charge in [0, 0.05) is 25.6 Å². The lowest BCUT2D eigenvalue weighted by Crippen LogP contribution is -2.53. The molecular formula is C38H45N3O8S. The first-order valence-electron chi connectivity index (χ1n) is 16.4. The van der Waals surface area contributed by atoms with Crippen LogP contribution in [0.5, 0.6) is 23.0 Å². The average Bonchev–Trinajstić information content (AvgIpc) is 3.14. The zero-order valence-corrected chi connectivity index (χ0v) is 29.9. The SMILES string of the molecule is CCCNC(=O)[C@H](Cc1ccccc1)N(Cc1cccc(OC)c1)C(=O)CN(c1ccc(OCC)cc1)S(=O)(=O)c1ccc(OC)c(OC)c1. The molecule has 0 aliphatic rings. The van der Waals surface area contributed by atoms with E-state index in [2.05, 4.69) is 5.32 Å². The second kappa shape index (κ2) is 18.0. The van der Waals surface area contributed by atoms with E-state index in [-0.39, 0.29) is 35.2 Å². The zero-order valence-electron chi connectivity index (χ0n) is 29.1. The summed E-state index contributed by atoms with van der Waals surface area (Å²) in [5.41, 5.74) is 1.77. The molecule has 2 amide bonds. The highest BCUT2D eigenvalue weighted by Crippen LogP contribution is 2.33. The first-order valence-corrected chi connectivity index (χ1v) is 17.8. The molecule has 4 aromatic carbocycles. The van der Waals surface area contributed by atoms with Crippen LogP contribution in [0.4, 0.5) is 5.69 Å². The molecule has 0 aromatic heterocycles. The van der Waals surface area contributed by atoms with Gasteiger partial charge >= 0.3 is 0 Å². The Bertz CT molecular complexity index is 1820. The van der Waals surface area contributed by atoms with E-state index in [1.807, 2.05) is 50.2 Å². The van der Waals surface area contributed by atoms with Gasteiger partial charge in [0.05, 0.1) is 38.5 Å². The van der Waals surface area contributed by atoms with E-state index >= 15 is 0 Å². The summed E-state index contributed by atoms with van der Waals surface area (Å²) in [4.78, 5) is 29.9. The molecule has 0 aliphatic heterocycles. The third kappa shape index (κ3) is 9.47. The van der Waals surface area contributed by atoms with Crippen molar-refractivity contribution in [1.29, 1.82) is 0 Å². The lowest BCUT2D eigenvalue weighted by Gasteiger charge is -2.34. The molecule has 12 heteroatoms. The monoisotopic (exact) mass is 703 g/mol. The van der Waals surface area contributed by atoms with Crippen LogP contribution in [0, 0.1) is 0 Å². The molecule has 0 unspecified atom stereocenters. The third-order valence-electron chi connectivity index (χ3n) is 7.96. The molecule has 1 N–H and O–H groups in total. The van der Waals surface area contributed by atoms with E-state index in [1.54, 1.807) is 49.6 Å². The van der Waals surface area contributed by atoms with Gasteiger partial charge in [-0.3, -0.25) is 13.9 Å². The molecule has 4 aromatic rings. The van der Waals surface area contributed by atoms with Crippen molar-refractivity contribution in [3.05, 3.63) is 108 Å². The van der Waals surface area contributed by atoms with Crippen LogP contribution in [0.2, 0.25) is 0 Å². The van der Waals surface area contributed by atoms with Crippen molar-refractivity contribution in [1.82, 2.24) is 10.2 Å². The number of amides is 2. The third-order valence-corrected chi connectivity index (χ3v) is 9.73. The maximum atomic E-state index is 14.7. The fourth-order valence-electron chi connectivity index (χ4n) is 5.40. The van der Waals surface area contributed by atoms with Crippen molar-refractivity contribution < 1.29 is 37.0 Å². The second-order valence-corrected chi connectivity index (χ2v) is 13.2. The van der Waals surface area contributed by atoms with Crippen molar-refractivity contribution in [3.8, 4) is 23.0 Å². The number of nitrogens with zero attached hydrogens (tertiary/aromatic N) is 2. The minimum absolute atomic E-state index is 0.0145. The number of methoxy groups -OCH3 is 3. The molecule has 0 fully saturated rings. The van der Waals surface area contributed by atoms with Crippen LogP contribution >= 0.6 is 0 Å². The van der Waals surface area contributed by atoms with E-state index in [1.165, 1.54) is 37.3 Å². The number of benzene rings is 4. The van der Waals surface area contributed by atoms with Crippen LogP contribution in [0.25, 0.3) is 0 Å². The summed E-state index contributed by atoms with van der Waals surface area (Å²) >= 11 is 0. The van der Waals surface area contributed by atoms with Gasteiger partial charge in [0.1, 0.15) is 24.1 Å². The van der Waals surface area contributed by atoms with E-state index in [0.717, 1.165) is 9.87 Å². The quantitative estimate of drug-likeness (QED) is 0.145. The standard InChI is InChI=1S/C38H45N3O8S/c1-6-22-39-38(43)34(24-28-12-9-8-10-13-28)40(26-29-14-11-15-32(23-29)46-3)37(42)27-41(30-16-18-31(19-17-30)49-7-2)50(44,45)33-20-21-35(47-4)36(25-33)48-5/h8-21,23,25,34H,6-7,22,24,26-27H2,1-5H3,(H,39,43)/t34-/m0/s1. The zero-order chi connectivity index (χ0) is 36.1. The molecule has 0 saturated carbocycles. The molecule has 0 heterocycles. The summed E-state index contributed by atoms with van der Waals surface area (Å²) in [7, 11) is 0.0351. The van der Waals surface area contributed by atoms with Crippen LogP contribution in [-0.4, -0.2) is 72.2 Å². The summed E-state index contributed by atoms with van der Waals surface area (Å²) in [6, 6.07) is 26.3. The summed E-state index contributed by atoms with van der Waals surface area (Å²) in [6.45, 7) is 4.03. The van der Waals surface area contributed by atoms with Crippen LogP contribution in [-0.2, 0) is 32.6 Å². The second-order valence-electron chi connectivity index (χ2n) is 11.3. The van der Waals surface area contributed by atoms with Gasteiger partial charge in [0.2, 0.25) is 11.8 Å². The molecule has 266 valence electrons. The van der Waals surface area contributed by atoms with Gasteiger partial charge in [0.15, 0.2) is 11.5 Å². The van der Waals surface area contributed by atoms with Crippen LogP contribution < -0.4 is 28.6 Å². The maximum Gasteiger partial charge on any atom is 0.264 e. The Balaban J connectivity index is 1.84. The number of ether oxygens (including phenoxy) is 4. The highest BCUT2D eigenvalue weighted by molar-refractivity contribution is 7.92. The van der Waals surface area contributed by atoms with Crippen molar-refractivity contribution in [3.63, 3.8) is 0 Å². The van der Waals surface area contributed by atoms with Crippen molar-refractivity contribution >= 4 is 27.5 Å². The number of anilines is 1. The van der Waals surface area contributed by atoms with Crippen LogP contribution in [0.3, 0.4) is 0 Å². The number of sulfonamides is 1. The molecule has 0 aliphatic carbocycles. The van der Waals surface area contributed by atoms with Crippen molar-refractivity contribution in [2.45, 2.75) is 44.2 Å². The Morgan fingerprint density at radius 1 is 0.760 bits per heavy atom. The summed E-state index contributed by atoms with van der Waals surface area (Å²) in [5, 5.41) is 2.95. The Morgan fingerprint density at radius 2 is 1.46 bits per heavy atom. The van der Waals surface area contributed by atoms with Gasteiger partial charge in [-0.15, -0.1) is 0 Å². The smallest absolute Gasteiger partial charge is 0.264 e. The maximum absolute atomic E-state index is 14.7. The molecule has 4 rings (SSSR count). The Labute approximate surface area is 294 Å². The predicted octanol–water partition coefficient (Wildman–Crippen LogP) is 5.47. The van der Waals surface area contributed by atoms with Crippen molar-refractivity contribution in [2.24, 2.45) is 0 Å². The topological polar surface area (TPSA) is 124 Å². The van der Waals surface area contributed by atoms with E-state index in [4.69, 9.17) is 18.9 Å². The summed E-state index contributed by atoms with van der Waals surface area (Å²) in [5.74, 6) is 0.752. The fraction of sp³-hybridized carbons (Fsp3) is 0.316. The number of hydrogen-bond acceptors (Lipinski definition) is 8. The van der Waals surface area contributed by atoms with E-state index < -0.39 is 28.5 Å². The number of nitrogens with one attached hydrogen (secondary N) is 1. The Morgan fingerprint density at radius 3 is 2.10 bits per heavy atom. The predicted molar refractivity (Wildman–Crippen MR) is 192 cm³/mol. The minimum Gasteiger partial charge on any atom is -0.497 e. The molecule has 0 spiro atoms. The largest absolute Gasteiger partial charge is 0.497 e. The van der Waals surface area contributed by atoms with E-state index in [0.29, 0.717) is 42.4 Å². The molecule has 0 radical (unpaired) electrons. The van der Waals surface area contributed by atoms with E-state index in [9.17, 15) is 18.0 Å². The molecular weight excluding hydrogens is 658 g/mol. The minimum atomic E-state index is -4.38. The van der Waals surface area contributed by atoms with Gasteiger partial charge in [0.25, 0.3) is 10.0 Å². The summed E-state index contributed by atoms with van der Waals surface area (Å²) < 4.78 is 51.7.